The van der Waals surface area contributed by atoms with E-state index < -0.39 is 5.51 Å². The van der Waals surface area contributed by atoms with Crippen LogP contribution in [0.3, 0.4) is 0 Å². The van der Waals surface area contributed by atoms with Gasteiger partial charge in [0, 0.05) is 60.0 Å². The van der Waals surface area contributed by atoms with Crippen LogP contribution in [0.5, 0.6) is 0 Å². The van der Waals surface area contributed by atoms with Crippen LogP contribution in [0, 0.1) is 0 Å². The second-order valence-corrected chi connectivity index (χ2v) is 9.89. The largest absolute Gasteiger partial charge is 0.441 e. The quantitative estimate of drug-likeness (QED) is 0.490. The second kappa shape index (κ2) is 9.47. The molecule has 1 aromatic heterocycles. The summed E-state index contributed by atoms with van der Waals surface area (Å²) in [6.45, 7) is 5.32. The molecule has 1 spiro atoms. The van der Waals surface area contributed by atoms with Crippen LogP contribution in [0.25, 0.3) is 0 Å². The highest BCUT2D eigenvalue weighted by Crippen LogP contribution is 2.44. The van der Waals surface area contributed by atoms with E-state index in [-0.39, 0.29) is 29.7 Å². The van der Waals surface area contributed by atoms with Gasteiger partial charge in [0.15, 0.2) is 0 Å². The normalized spacial score (nSPS) is 20.1. The first-order valence-corrected chi connectivity index (χ1v) is 11.7. The molecule has 0 atom stereocenters. The van der Waals surface area contributed by atoms with Crippen molar-refractivity contribution in [3.8, 4) is 0 Å². The number of piperidine rings is 1. The van der Waals surface area contributed by atoms with Crippen LogP contribution in [0.15, 0.2) is 18.0 Å². The molecule has 164 valence electrons. The Balaban J connectivity index is 1.51. The number of fused-ring (bicyclic) bond motifs is 2. The Labute approximate surface area is 178 Å². The summed E-state index contributed by atoms with van der Waals surface area (Å²) in [4.78, 5) is 5.14. The van der Waals surface area contributed by atoms with Gasteiger partial charge in [0.05, 0.1) is 12.2 Å². The minimum absolute atomic E-state index is 0.0805. The molecule has 5 nitrogen and oxygen atoms in total. The standard InChI is InChI=1S/C19H29F3N4OS2/c1-2-15-11-16-17(29-15)3-9-27-18(16)4-6-25(7-5-18)12-14(23)13-26(24)8-10-28-19(20,21)22/h11,13H,2-10,12,23-24H2,1H3/b14-13-. The summed E-state index contributed by atoms with van der Waals surface area (Å²) in [5.74, 6) is 5.62. The Bertz CT molecular complexity index is 715. The average Bonchev–Trinajstić information content (AvgIpc) is 3.07. The van der Waals surface area contributed by atoms with Gasteiger partial charge < -0.3 is 15.5 Å². The van der Waals surface area contributed by atoms with E-state index in [2.05, 4.69) is 17.9 Å². The summed E-state index contributed by atoms with van der Waals surface area (Å²) >= 11 is 1.83. The van der Waals surface area contributed by atoms with E-state index in [1.165, 1.54) is 26.5 Å². The highest BCUT2D eigenvalue weighted by atomic mass is 32.2. The summed E-state index contributed by atoms with van der Waals surface area (Å²) < 4.78 is 42.9. The second-order valence-electron chi connectivity index (χ2n) is 7.51. The lowest BCUT2D eigenvalue weighted by atomic mass is 9.82. The summed E-state index contributed by atoms with van der Waals surface area (Å²) in [6.07, 6.45) is 5.42. The third-order valence-corrected chi connectivity index (χ3v) is 7.48. The first kappa shape index (κ1) is 22.7. The van der Waals surface area contributed by atoms with Crippen molar-refractivity contribution < 1.29 is 17.9 Å². The van der Waals surface area contributed by atoms with E-state index in [1.807, 2.05) is 11.3 Å². The van der Waals surface area contributed by atoms with Gasteiger partial charge in [-0.05, 0) is 42.7 Å². The first-order chi connectivity index (χ1) is 13.7. The number of rotatable bonds is 7. The Morgan fingerprint density at radius 2 is 2.14 bits per heavy atom. The van der Waals surface area contributed by atoms with E-state index in [1.54, 1.807) is 0 Å². The van der Waals surface area contributed by atoms with Gasteiger partial charge in [-0.15, -0.1) is 11.3 Å². The minimum Gasteiger partial charge on any atom is -0.400 e. The van der Waals surface area contributed by atoms with Crippen molar-refractivity contribution in [3.05, 3.63) is 33.3 Å². The monoisotopic (exact) mass is 450 g/mol. The molecule has 0 aliphatic carbocycles. The number of ether oxygens (including phenoxy) is 1. The fourth-order valence-electron chi connectivity index (χ4n) is 3.98. The summed E-state index contributed by atoms with van der Waals surface area (Å²) in [6, 6.07) is 2.33. The molecule has 4 N–H and O–H groups in total. The molecule has 0 radical (unpaired) electrons. The van der Waals surface area contributed by atoms with Crippen molar-refractivity contribution in [3.63, 3.8) is 0 Å². The first-order valence-electron chi connectivity index (χ1n) is 9.87. The Kier molecular flexibility index (Phi) is 7.42. The van der Waals surface area contributed by atoms with Gasteiger partial charge in [0.1, 0.15) is 0 Å². The number of nitrogens with two attached hydrogens (primary N) is 2. The van der Waals surface area contributed by atoms with Crippen LogP contribution in [-0.2, 0) is 23.2 Å². The van der Waals surface area contributed by atoms with Gasteiger partial charge >= 0.3 is 5.51 Å². The lowest BCUT2D eigenvalue weighted by Gasteiger charge is -2.44. The SMILES string of the molecule is CCc1cc2c(s1)CCOC21CCN(C/C(N)=C/N(N)CCSC(F)(F)F)CC1. The summed E-state index contributed by atoms with van der Waals surface area (Å²) in [5, 5.41) is 1.23. The van der Waals surface area contributed by atoms with E-state index in [9.17, 15) is 13.2 Å². The molecule has 0 saturated carbocycles. The van der Waals surface area contributed by atoms with Crippen LogP contribution >= 0.6 is 23.1 Å². The van der Waals surface area contributed by atoms with Crippen molar-refractivity contribution in [1.29, 1.82) is 0 Å². The molecule has 1 fully saturated rings. The van der Waals surface area contributed by atoms with Crippen molar-refractivity contribution in [1.82, 2.24) is 9.91 Å². The lowest BCUT2D eigenvalue weighted by molar-refractivity contribution is -0.0961. The predicted octanol–water partition coefficient (Wildman–Crippen LogP) is 3.40. The third-order valence-electron chi connectivity index (χ3n) is 5.42. The number of nitrogens with zero attached hydrogens (tertiary/aromatic N) is 2. The summed E-state index contributed by atoms with van der Waals surface area (Å²) in [5.41, 5.74) is 3.59. The highest BCUT2D eigenvalue weighted by Gasteiger charge is 2.41. The van der Waals surface area contributed by atoms with Crippen LogP contribution < -0.4 is 11.6 Å². The maximum Gasteiger partial charge on any atom is 0.441 e. The molecule has 0 unspecified atom stereocenters. The van der Waals surface area contributed by atoms with E-state index in [0.29, 0.717) is 12.2 Å². The van der Waals surface area contributed by atoms with Gasteiger partial charge in [0.2, 0.25) is 0 Å². The molecular formula is C19H29F3N4OS2. The summed E-state index contributed by atoms with van der Waals surface area (Å²) in [7, 11) is 0. The van der Waals surface area contributed by atoms with Crippen LogP contribution in [0.2, 0.25) is 0 Å². The van der Waals surface area contributed by atoms with E-state index in [4.69, 9.17) is 16.3 Å². The molecule has 2 aliphatic heterocycles. The molecule has 1 aromatic rings. The molecule has 1 saturated heterocycles. The maximum absolute atomic E-state index is 12.2. The Morgan fingerprint density at radius 3 is 2.79 bits per heavy atom. The number of alkyl halides is 3. The highest BCUT2D eigenvalue weighted by molar-refractivity contribution is 8.00. The topological polar surface area (TPSA) is 67.8 Å². The number of hydrazine groups is 1. The zero-order valence-electron chi connectivity index (χ0n) is 16.6. The number of halogens is 3. The van der Waals surface area contributed by atoms with Crippen LogP contribution in [0.1, 0.15) is 35.1 Å². The predicted molar refractivity (Wildman–Crippen MR) is 112 cm³/mol. The number of thiophene rings is 1. The zero-order valence-corrected chi connectivity index (χ0v) is 18.3. The molecule has 0 amide bonds. The van der Waals surface area contributed by atoms with Gasteiger partial charge in [-0.3, -0.25) is 4.90 Å². The zero-order chi connectivity index (χ0) is 21.1. The Hall–Kier alpha value is -0.940. The maximum atomic E-state index is 12.2. The smallest absolute Gasteiger partial charge is 0.400 e. The van der Waals surface area contributed by atoms with Gasteiger partial charge in [-0.2, -0.15) is 13.2 Å². The number of hydrogen-bond donors (Lipinski definition) is 2. The van der Waals surface area contributed by atoms with E-state index >= 15 is 0 Å². The average molecular weight is 451 g/mol. The van der Waals surface area contributed by atoms with Gasteiger partial charge in [-0.1, -0.05) is 6.92 Å². The number of hydrogen-bond acceptors (Lipinski definition) is 7. The fourth-order valence-corrected chi connectivity index (χ4v) is 5.69. The molecular weight excluding hydrogens is 421 g/mol. The van der Waals surface area contributed by atoms with Crippen LogP contribution in [-0.4, -0.2) is 54.0 Å². The number of likely N-dealkylation sites (tertiary alicyclic amines) is 1. The van der Waals surface area contributed by atoms with Gasteiger partial charge in [-0.25, -0.2) is 5.84 Å². The van der Waals surface area contributed by atoms with Crippen molar-refractivity contribution in [2.75, 3.05) is 38.5 Å². The van der Waals surface area contributed by atoms with Crippen molar-refractivity contribution >= 4 is 23.1 Å². The molecule has 29 heavy (non-hydrogen) atoms. The molecule has 2 aliphatic rings. The Morgan fingerprint density at radius 1 is 1.41 bits per heavy atom. The minimum atomic E-state index is -4.23. The lowest BCUT2D eigenvalue weighted by Crippen LogP contribution is -2.47. The molecule has 10 heteroatoms. The van der Waals surface area contributed by atoms with Gasteiger partial charge in [0.25, 0.3) is 0 Å². The van der Waals surface area contributed by atoms with Crippen molar-refractivity contribution in [2.24, 2.45) is 11.6 Å². The van der Waals surface area contributed by atoms with Crippen molar-refractivity contribution in [2.45, 2.75) is 43.7 Å². The molecule has 0 bridgehead atoms. The number of aryl methyl sites for hydroxylation is 1. The molecule has 0 aromatic carbocycles. The van der Waals surface area contributed by atoms with E-state index in [0.717, 1.165) is 45.4 Å². The number of thioether (sulfide) groups is 1. The third kappa shape index (κ3) is 6.04. The molecule has 3 heterocycles. The molecule has 3 rings (SSSR count). The van der Waals surface area contributed by atoms with Crippen LogP contribution in [0.4, 0.5) is 13.2 Å². The fraction of sp³-hybridized carbons (Fsp3) is 0.684.